The van der Waals surface area contributed by atoms with Crippen LogP contribution in [0.1, 0.15) is 42.3 Å². The van der Waals surface area contributed by atoms with E-state index in [-0.39, 0.29) is 5.97 Å². The van der Waals surface area contributed by atoms with Crippen LogP contribution in [0.4, 0.5) is 10.9 Å². The molecule has 0 aromatic carbocycles. The smallest absolute Gasteiger partial charge is 0.352 e. The number of esters is 1. The molecular formula is C12H19N3O2S. The van der Waals surface area contributed by atoms with Gasteiger partial charge in [0.15, 0.2) is 15.8 Å². The van der Waals surface area contributed by atoms with Gasteiger partial charge in [-0.25, -0.2) is 9.78 Å². The number of anilines is 2. The van der Waals surface area contributed by atoms with Crippen molar-refractivity contribution in [2.45, 2.75) is 32.6 Å². The second kappa shape index (κ2) is 6.04. The summed E-state index contributed by atoms with van der Waals surface area (Å²) >= 11 is 1.21. The lowest BCUT2D eigenvalue weighted by atomic mass is 10.2. The van der Waals surface area contributed by atoms with Gasteiger partial charge < -0.3 is 15.4 Å². The molecule has 2 heterocycles. The Bertz CT molecular complexity index is 411. The van der Waals surface area contributed by atoms with E-state index in [4.69, 9.17) is 10.5 Å². The molecule has 0 saturated carbocycles. The highest BCUT2D eigenvalue weighted by atomic mass is 32.1. The predicted octanol–water partition coefficient (Wildman–Crippen LogP) is 2.28. The van der Waals surface area contributed by atoms with E-state index in [1.807, 2.05) is 0 Å². The van der Waals surface area contributed by atoms with Gasteiger partial charge in [0.05, 0.1) is 6.61 Å². The van der Waals surface area contributed by atoms with Gasteiger partial charge >= 0.3 is 5.97 Å². The lowest BCUT2D eigenvalue weighted by Crippen LogP contribution is -2.26. The lowest BCUT2D eigenvalue weighted by molar-refractivity contribution is 0.0532. The molecule has 1 aromatic heterocycles. The van der Waals surface area contributed by atoms with Crippen LogP contribution in [0, 0.1) is 0 Å². The molecule has 1 aromatic rings. The van der Waals surface area contributed by atoms with Crippen molar-refractivity contribution < 1.29 is 9.53 Å². The Morgan fingerprint density at radius 3 is 2.67 bits per heavy atom. The van der Waals surface area contributed by atoms with E-state index in [9.17, 15) is 4.79 Å². The van der Waals surface area contributed by atoms with Crippen LogP contribution >= 0.6 is 11.3 Å². The number of aromatic nitrogens is 1. The van der Waals surface area contributed by atoms with Gasteiger partial charge in [0.25, 0.3) is 0 Å². The van der Waals surface area contributed by atoms with Gasteiger partial charge in [-0.05, 0) is 19.8 Å². The van der Waals surface area contributed by atoms with Gasteiger partial charge in [0.2, 0.25) is 0 Å². The number of ether oxygens (including phenoxy) is 1. The number of nitrogens with zero attached hydrogens (tertiary/aromatic N) is 2. The zero-order valence-electron chi connectivity index (χ0n) is 10.6. The maximum Gasteiger partial charge on any atom is 0.352 e. The second-order valence-corrected chi connectivity index (χ2v) is 5.36. The maximum absolute atomic E-state index is 11.9. The zero-order chi connectivity index (χ0) is 13.0. The quantitative estimate of drug-likeness (QED) is 0.853. The highest BCUT2D eigenvalue weighted by Crippen LogP contribution is 2.30. The van der Waals surface area contributed by atoms with Gasteiger partial charge in [0, 0.05) is 13.1 Å². The first kappa shape index (κ1) is 13.1. The highest BCUT2D eigenvalue weighted by Gasteiger charge is 2.23. The lowest BCUT2D eigenvalue weighted by Gasteiger charge is -2.20. The molecular weight excluding hydrogens is 250 g/mol. The number of rotatable bonds is 3. The molecule has 1 aliphatic rings. The Kier molecular flexibility index (Phi) is 4.41. The zero-order valence-corrected chi connectivity index (χ0v) is 11.5. The van der Waals surface area contributed by atoms with E-state index in [2.05, 4.69) is 9.88 Å². The van der Waals surface area contributed by atoms with Crippen molar-refractivity contribution in [3.8, 4) is 0 Å². The first-order chi connectivity index (χ1) is 8.72. The fourth-order valence-corrected chi connectivity index (χ4v) is 2.90. The van der Waals surface area contributed by atoms with Crippen LogP contribution in [-0.2, 0) is 4.74 Å². The number of hydrogen-bond acceptors (Lipinski definition) is 6. The SMILES string of the molecule is CCOC(=O)c1sc(N)nc1N1CCCCCC1. The summed E-state index contributed by atoms with van der Waals surface area (Å²) in [6.45, 7) is 4.05. The molecule has 0 unspecified atom stereocenters. The van der Waals surface area contributed by atoms with Crippen LogP contribution in [0.15, 0.2) is 0 Å². The molecule has 0 spiro atoms. The van der Waals surface area contributed by atoms with Crippen molar-refractivity contribution in [3.05, 3.63) is 4.88 Å². The molecule has 1 fully saturated rings. The molecule has 6 heteroatoms. The number of carbonyl (C=O) groups excluding carboxylic acids is 1. The van der Waals surface area contributed by atoms with Crippen LogP contribution in [0.2, 0.25) is 0 Å². The van der Waals surface area contributed by atoms with Gasteiger partial charge in [0.1, 0.15) is 0 Å². The minimum absolute atomic E-state index is 0.314. The molecule has 5 nitrogen and oxygen atoms in total. The molecule has 0 atom stereocenters. The van der Waals surface area contributed by atoms with Gasteiger partial charge in [-0.3, -0.25) is 0 Å². The summed E-state index contributed by atoms with van der Waals surface area (Å²) in [5, 5.41) is 0.428. The molecule has 2 rings (SSSR count). The molecule has 0 bridgehead atoms. The van der Waals surface area contributed by atoms with Crippen LogP contribution in [-0.4, -0.2) is 30.6 Å². The van der Waals surface area contributed by atoms with Gasteiger partial charge in [-0.15, -0.1) is 0 Å². The number of nitrogens with two attached hydrogens (primary N) is 1. The Hall–Kier alpha value is -1.30. The summed E-state index contributed by atoms with van der Waals surface area (Å²) in [6, 6.07) is 0. The summed E-state index contributed by atoms with van der Waals surface area (Å²) in [5.41, 5.74) is 5.73. The van der Waals surface area contributed by atoms with Gasteiger partial charge in [-0.1, -0.05) is 24.2 Å². The van der Waals surface area contributed by atoms with Crippen molar-refractivity contribution in [3.63, 3.8) is 0 Å². The molecule has 1 saturated heterocycles. The summed E-state index contributed by atoms with van der Waals surface area (Å²) in [7, 11) is 0. The normalized spacial score (nSPS) is 16.4. The van der Waals surface area contributed by atoms with Crippen molar-refractivity contribution in [1.29, 1.82) is 0 Å². The number of hydrogen-bond donors (Lipinski definition) is 1. The van der Waals surface area contributed by atoms with E-state index >= 15 is 0 Å². The van der Waals surface area contributed by atoms with Crippen molar-refractivity contribution >= 4 is 28.3 Å². The minimum atomic E-state index is -0.314. The number of thiazole rings is 1. The fraction of sp³-hybridized carbons (Fsp3) is 0.667. The summed E-state index contributed by atoms with van der Waals surface area (Å²) in [6.07, 6.45) is 4.76. The average molecular weight is 269 g/mol. The summed E-state index contributed by atoms with van der Waals surface area (Å²) in [4.78, 5) is 18.9. The van der Waals surface area contributed by atoms with Crippen LogP contribution < -0.4 is 10.6 Å². The average Bonchev–Trinajstić information content (AvgIpc) is 2.58. The molecule has 0 radical (unpaired) electrons. The Morgan fingerprint density at radius 2 is 2.06 bits per heavy atom. The highest BCUT2D eigenvalue weighted by molar-refractivity contribution is 7.17. The van der Waals surface area contributed by atoms with E-state index in [0.29, 0.717) is 22.4 Å². The molecule has 100 valence electrons. The Labute approximate surface area is 111 Å². The maximum atomic E-state index is 11.9. The monoisotopic (exact) mass is 269 g/mol. The standard InChI is InChI=1S/C12H19N3O2S/c1-2-17-11(16)9-10(14-12(13)18-9)15-7-5-3-4-6-8-15/h2-8H2,1H3,(H2,13,14). The summed E-state index contributed by atoms with van der Waals surface area (Å²) < 4.78 is 5.05. The second-order valence-electron chi connectivity index (χ2n) is 4.33. The number of carbonyl (C=O) groups is 1. The van der Waals surface area contributed by atoms with Crippen LogP contribution in [0.5, 0.6) is 0 Å². The van der Waals surface area contributed by atoms with E-state index in [1.165, 1.54) is 24.2 Å². The van der Waals surface area contributed by atoms with Gasteiger partial charge in [-0.2, -0.15) is 0 Å². The van der Waals surface area contributed by atoms with Crippen LogP contribution in [0.3, 0.4) is 0 Å². The third kappa shape index (κ3) is 2.93. The molecule has 0 amide bonds. The largest absolute Gasteiger partial charge is 0.462 e. The summed E-state index contributed by atoms with van der Waals surface area (Å²) in [5.74, 6) is 0.392. The number of nitrogen functional groups attached to an aromatic ring is 1. The topological polar surface area (TPSA) is 68.5 Å². The first-order valence-electron chi connectivity index (χ1n) is 6.40. The van der Waals surface area contributed by atoms with E-state index in [1.54, 1.807) is 6.92 Å². The van der Waals surface area contributed by atoms with E-state index in [0.717, 1.165) is 25.9 Å². The molecule has 2 N–H and O–H groups in total. The fourth-order valence-electron chi connectivity index (χ4n) is 2.15. The first-order valence-corrected chi connectivity index (χ1v) is 7.22. The van der Waals surface area contributed by atoms with E-state index < -0.39 is 0 Å². The Morgan fingerprint density at radius 1 is 1.39 bits per heavy atom. The Balaban J connectivity index is 2.22. The predicted molar refractivity (Wildman–Crippen MR) is 73.2 cm³/mol. The molecule has 0 aliphatic carbocycles. The third-order valence-corrected chi connectivity index (χ3v) is 3.85. The molecule has 18 heavy (non-hydrogen) atoms. The third-order valence-electron chi connectivity index (χ3n) is 2.99. The van der Waals surface area contributed by atoms with Crippen LogP contribution in [0.25, 0.3) is 0 Å². The minimum Gasteiger partial charge on any atom is -0.462 e. The van der Waals surface area contributed by atoms with Crippen molar-refractivity contribution in [2.75, 3.05) is 30.3 Å². The molecule has 1 aliphatic heterocycles. The van der Waals surface area contributed by atoms with Crippen molar-refractivity contribution in [1.82, 2.24) is 4.98 Å². The van der Waals surface area contributed by atoms with Crippen molar-refractivity contribution in [2.24, 2.45) is 0 Å².